The van der Waals surface area contributed by atoms with Crippen molar-refractivity contribution < 1.29 is 9.13 Å². The van der Waals surface area contributed by atoms with Crippen LogP contribution in [0.15, 0.2) is 46.9 Å². The molecule has 0 aliphatic rings. The van der Waals surface area contributed by atoms with Gasteiger partial charge < -0.3 is 10.5 Å². The third-order valence-electron chi connectivity index (χ3n) is 2.29. The zero-order chi connectivity index (χ0) is 13.1. The highest BCUT2D eigenvalue weighted by atomic mass is 79.9. The molecule has 0 fully saturated rings. The van der Waals surface area contributed by atoms with E-state index in [4.69, 9.17) is 15.9 Å². The fraction of sp³-hybridized carbons (Fsp3) is 0. The molecule has 0 spiro atoms. The van der Waals surface area contributed by atoms with Gasteiger partial charge in [-0.05, 0) is 30.3 Å². The highest BCUT2D eigenvalue weighted by Gasteiger charge is 2.10. The number of para-hydroxylation sites is 1. The third kappa shape index (κ3) is 2.68. The molecule has 0 radical (unpaired) electrons. The molecule has 5 heteroatoms. The average Bonchev–Trinajstić information content (AvgIpc) is 2.34. The molecule has 0 atom stereocenters. The van der Waals surface area contributed by atoms with Crippen LogP contribution < -0.4 is 10.5 Å². The Morgan fingerprint density at radius 3 is 2.61 bits per heavy atom. The summed E-state index contributed by atoms with van der Waals surface area (Å²) in [6.45, 7) is 0. The van der Waals surface area contributed by atoms with E-state index in [1.165, 1.54) is 12.1 Å². The molecule has 92 valence electrons. The zero-order valence-corrected chi connectivity index (χ0v) is 10.9. The van der Waals surface area contributed by atoms with Crippen molar-refractivity contribution in [3.63, 3.8) is 0 Å². The number of rotatable bonds is 3. The van der Waals surface area contributed by atoms with Crippen LogP contribution in [0.5, 0.6) is 11.5 Å². The summed E-state index contributed by atoms with van der Waals surface area (Å²) in [5, 5.41) is 7.43. The normalized spacial score (nSPS) is 10.1. The van der Waals surface area contributed by atoms with E-state index in [0.717, 1.165) is 0 Å². The van der Waals surface area contributed by atoms with E-state index in [1.807, 2.05) is 0 Å². The Balaban J connectivity index is 2.40. The van der Waals surface area contributed by atoms with Gasteiger partial charge in [0.05, 0.1) is 5.56 Å². The molecule has 0 aliphatic carbocycles. The summed E-state index contributed by atoms with van der Waals surface area (Å²) in [6, 6.07) is 11.2. The first-order chi connectivity index (χ1) is 8.58. The first-order valence-corrected chi connectivity index (χ1v) is 5.93. The molecule has 3 nitrogen and oxygen atoms in total. The summed E-state index contributed by atoms with van der Waals surface area (Å²) in [5.74, 6) is -0.169. The second-order valence-corrected chi connectivity index (χ2v) is 4.50. The van der Waals surface area contributed by atoms with Gasteiger partial charge in [0.1, 0.15) is 11.6 Å². The third-order valence-corrected chi connectivity index (χ3v) is 2.78. The van der Waals surface area contributed by atoms with E-state index in [-0.39, 0.29) is 11.6 Å². The molecule has 2 rings (SSSR count). The molecule has 0 aromatic heterocycles. The number of nitrogens with two attached hydrogens (primary N) is 1. The van der Waals surface area contributed by atoms with Gasteiger partial charge in [0.15, 0.2) is 11.6 Å². The largest absolute Gasteiger partial charge is 0.453 e. The molecule has 2 aromatic rings. The molecule has 0 bridgehead atoms. The fourth-order valence-corrected chi connectivity index (χ4v) is 1.79. The predicted molar refractivity (Wildman–Crippen MR) is 71.6 cm³/mol. The number of amidine groups is 1. The molecular weight excluding hydrogens is 299 g/mol. The Hall–Kier alpha value is -1.88. The molecule has 0 saturated carbocycles. The molecule has 0 saturated heterocycles. The van der Waals surface area contributed by atoms with E-state index in [9.17, 15) is 4.39 Å². The number of halogens is 2. The van der Waals surface area contributed by atoms with Crippen molar-refractivity contribution >= 4 is 21.8 Å². The number of benzene rings is 2. The number of nitrogen functional groups attached to an aromatic ring is 1. The monoisotopic (exact) mass is 308 g/mol. The summed E-state index contributed by atoms with van der Waals surface area (Å²) < 4.78 is 19.7. The standard InChI is InChI=1S/C13H10BrFN2O/c14-8-5-6-10(15)12(7-8)18-11-4-2-1-3-9(11)13(16)17/h1-7H,(H3,16,17). The molecule has 18 heavy (non-hydrogen) atoms. The second-order valence-electron chi connectivity index (χ2n) is 3.59. The predicted octanol–water partition coefficient (Wildman–Crippen LogP) is 3.66. The van der Waals surface area contributed by atoms with Gasteiger partial charge in [-0.2, -0.15) is 0 Å². The van der Waals surface area contributed by atoms with E-state index in [2.05, 4.69) is 15.9 Å². The Labute approximate surface area is 112 Å². The number of nitrogens with one attached hydrogen (secondary N) is 1. The van der Waals surface area contributed by atoms with Crippen LogP contribution in [-0.2, 0) is 0 Å². The van der Waals surface area contributed by atoms with Gasteiger partial charge in [-0.1, -0.05) is 28.1 Å². The van der Waals surface area contributed by atoms with Crippen molar-refractivity contribution in [2.45, 2.75) is 0 Å². The van der Waals surface area contributed by atoms with Gasteiger partial charge in [-0.25, -0.2) is 4.39 Å². The van der Waals surface area contributed by atoms with Crippen molar-refractivity contribution in [2.24, 2.45) is 5.73 Å². The Kier molecular flexibility index (Phi) is 3.62. The van der Waals surface area contributed by atoms with Crippen molar-refractivity contribution in [3.8, 4) is 11.5 Å². The lowest BCUT2D eigenvalue weighted by Crippen LogP contribution is -2.12. The minimum atomic E-state index is -0.475. The average molecular weight is 309 g/mol. The maximum atomic E-state index is 13.6. The van der Waals surface area contributed by atoms with E-state index < -0.39 is 5.82 Å². The Bertz CT molecular complexity index is 601. The molecule has 0 heterocycles. The minimum Gasteiger partial charge on any atom is -0.453 e. The second kappa shape index (κ2) is 5.18. The maximum Gasteiger partial charge on any atom is 0.165 e. The topological polar surface area (TPSA) is 59.1 Å². The number of hydrogen-bond acceptors (Lipinski definition) is 2. The summed E-state index contributed by atoms with van der Waals surface area (Å²) in [4.78, 5) is 0. The zero-order valence-electron chi connectivity index (χ0n) is 9.28. The van der Waals surface area contributed by atoms with Crippen LogP contribution in [0.1, 0.15) is 5.56 Å². The summed E-state index contributed by atoms with van der Waals surface area (Å²) >= 11 is 3.24. The van der Waals surface area contributed by atoms with Crippen molar-refractivity contribution in [3.05, 3.63) is 58.3 Å². The lowest BCUT2D eigenvalue weighted by atomic mass is 10.2. The lowest BCUT2D eigenvalue weighted by Gasteiger charge is -2.10. The quantitative estimate of drug-likeness (QED) is 0.671. The Morgan fingerprint density at radius 2 is 1.89 bits per heavy atom. The van der Waals surface area contributed by atoms with Crippen LogP contribution >= 0.6 is 15.9 Å². The first kappa shape index (κ1) is 12.6. The number of hydrogen-bond donors (Lipinski definition) is 2. The summed E-state index contributed by atoms with van der Waals surface area (Å²) in [6.07, 6.45) is 0. The van der Waals surface area contributed by atoms with Crippen LogP contribution in [-0.4, -0.2) is 5.84 Å². The molecule has 3 N–H and O–H groups in total. The minimum absolute atomic E-state index is 0.0816. The van der Waals surface area contributed by atoms with Gasteiger partial charge in [0, 0.05) is 4.47 Å². The summed E-state index contributed by atoms with van der Waals surface area (Å²) in [7, 11) is 0. The van der Waals surface area contributed by atoms with Crippen LogP contribution in [0.2, 0.25) is 0 Å². The summed E-state index contributed by atoms with van der Waals surface area (Å²) in [5.41, 5.74) is 5.86. The van der Waals surface area contributed by atoms with Crippen molar-refractivity contribution in [1.82, 2.24) is 0 Å². The van der Waals surface area contributed by atoms with Crippen molar-refractivity contribution in [1.29, 1.82) is 5.41 Å². The van der Waals surface area contributed by atoms with Crippen molar-refractivity contribution in [2.75, 3.05) is 0 Å². The Morgan fingerprint density at radius 1 is 1.17 bits per heavy atom. The van der Waals surface area contributed by atoms with E-state index in [0.29, 0.717) is 15.8 Å². The van der Waals surface area contributed by atoms with E-state index >= 15 is 0 Å². The number of ether oxygens (including phenoxy) is 1. The molecule has 0 amide bonds. The molecule has 2 aromatic carbocycles. The molecule has 0 aliphatic heterocycles. The first-order valence-electron chi connectivity index (χ1n) is 5.14. The van der Waals surface area contributed by atoms with Crippen LogP contribution in [0.4, 0.5) is 4.39 Å². The van der Waals surface area contributed by atoms with Gasteiger partial charge in [0.25, 0.3) is 0 Å². The molecular formula is C13H10BrFN2O. The highest BCUT2D eigenvalue weighted by molar-refractivity contribution is 9.10. The lowest BCUT2D eigenvalue weighted by molar-refractivity contribution is 0.441. The van der Waals surface area contributed by atoms with Crippen LogP contribution in [0, 0.1) is 11.2 Å². The van der Waals surface area contributed by atoms with Crippen LogP contribution in [0.25, 0.3) is 0 Å². The van der Waals surface area contributed by atoms with Crippen LogP contribution in [0.3, 0.4) is 0 Å². The smallest absolute Gasteiger partial charge is 0.165 e. The van der Waals surface area contributed by atoms with Gasteiger partial charge >= 0.3 is 0 Å². The fourth-order valence-electron chi connectivity index (χ4n) is 1.45. The maximum absolute atomic E-state index is 13.6. The van der Waals surface area contributed by atoms with Gasteiger partial charge in [-0.3, -0.25) is 5.41 Å². The molecule has 0 unspecified atom stereocenters. The van der Waals surface area contributed by atoms with Gasteiger partial charge in [-0.15, -0.1) is 0 Å². The van der Waals surface area contributed by atoms with E-state index in [1.54, 1.807) is 30.3 Å². The van der Waals surface area contributed by atoms with Gasteiger partial charge in [0.2, 0.25) is 0 Å². The highest BCUT2D eigenvalue weighted by Crippen LogP contribution is 2.29. The SMILES string of the molecule is N=C(N)c1ccccc1Oc1cc(Br)ccc1F.